The summed E-state index contributed by atoms with van der Waals surface area (Å²) in [6, 6.07) is 7.19. The lowest BCUT2D eigenvalue weighted by atomic mass is 10.1. The molecule has 0 aliphatic carbocycles. The molecule has 0 radical (unpaired) electrons. The van der Waals surface area contributed by atoms with Gasteiger partial charge in [-0.25, -0.2) is 4.79 Å². The van der Waals surface area contributed by atoms with E-state index in [-0.39, 0.29) is 18.6 Å². The highest BCUT2D eigenvalue weighted by Gasteiger charge is 2.25. The van der Waals surface area contributed by atoms with Crippen molar-refractivity contribution in [1.29, 1.82) is 0 Å². The van der Waals surface area contributed by atoms with Gasteiger partial charge in [0.05, 0.1) is 23.9 Å². The second-order valence-corrected chi connectivity index (χ2v) is 6.69. The van der Waals surface area contributed by atoms with Crippen LogP contribution in [-0.4, -0.2) is 60.2 Å². The minimum absolute atomic E-state index is 0.110. The third-order valence-corrected chi connectivity index (χ3v) is 4.89. The van der Waals surface area contributed by atoms with Crippen molar-refractivity contribution < 1.29 is 23.6 Å². The molecule has 1 aliphatic rings. The molecule has 0 spiro atoms. The maximum atomic E-state index is 13.1. The molecule has 0 N–H and O–H groups in total. The highest BCUT2D eigenvalue weighted by Crippen LogP contribution is 2.23. The number of hydrogen-bond donors (Lipinski definition) is 0. The largest absolute Gasteiger partial charge is 0.488 e. The minimum Gasteiger partial charge on any atom is -0.488 e. The Morgan fingerprint density at radius 3 is 2.54 bits per heavy atom. The third-order valence-electron chi connectivity index (χ3n) is 4.89. The standard InChI is InChI=1S/C20H25N3O5/c1-14-17(15(2)28-21-14)13-27-18-8-5-4-7-16(18)19(24)22-9-6-10-23(12-11-22)20(25)26-3/h4-5,7-8H,6,9-13H2,1-3H3. The van der Waals surface area contributed by atoms with Gasteiger partial charge < -0.3 is 23.8 Å². The molecule has 28 heavy (non-hydrogen) atoms. The zero-order chi connectivity index (χ0) is 20.1. The van der Waals surface area contributed by atoms with Crippen LogP contribution in [0.15, 0.2) is 28.8 Å². The van der Waals surface area contributed by atoms with Gasteiger partial charge in [0, 0.05) is 26.2 Å². The van der Waals surface area contributed by atoms with E-state index in [0.29, 0.717) is 49.7 Å². The fourth-order valence-electron chi connectivity index (χ4n) is 3.23. The van der Waals surface area contributed by atoms with E-state index in [0.717, 1.165) is 11.3 Å². The van der Waals surface area contributed by atoms with Crippen molar-refractivity contribution in [3.63, 3.8) is 0 Å². The first-order valence-corrected chi connectivity index (χ1v) is 9.27. The number of benzene rings is 1. The molecule has 2 amide bonds. The van der Waals surface area contributed by atoms with Crippen molar-refractivity contribution in [2.24, 2.45) is 0 Å². The summed E-state index contributed by atoms with van der Waals surface area (Å²) in [5.41, 5.74) is 2.16. The molecule has 0 saturated carbocycles. The van der Waals surface area contributed by atoms with Gasteiger partial charge in [-0.2, -0.15) is 0 Å². The lowest BCUT2D eigenvalue weighted by molar-refractivity contribution is 0.0752. The fraction of sp³-hybridized carbons (Fsp3) is 0.450. The zero-order valence-corrected chi connectivity index (χ0v) is 16.4. The van der Waals surface area contributed by atoms with Crippen molar-refractivity contribution in [2.75, 3.05) is 33.3 Å². The molecule has 8 heteroatoms. The number of carbonyl (C=O) groups excluding carboxylic acids is 2. The van der Waals surface area contributed by atoms with Gasteiger partial charge in [0.25, 0.3) is 5.91 Å². The van der Waals surface area contributed by atoms with Gasteiger partial charge in [-0.3, -0.25) is 4.79 Å². The van der Waals surface area contributed by atoms with E-state index in [4.69, 9.17) is 14.0 Å². The summed E-state index contributed by atoms with van der Waals surface area (Å²) in [4.78, 5) is 28.2. The van der Waals surface area contributed by atoms with E-state index in [1.54, 1.807) is 21.9 Å². The van der Waals surface area contributed by atoms with Crippen LogP contribution in [0.5, 0.6) is 5.75 Å². The number of ether oxygens (including phenoxy) is 2. The van der Waals surface area contributed by atoms with E-state index < -0.39 is 0 Å². The first-order chi connectivity index (χ1) is 13.5. The number of aryl methyl sites for hydroxylation is 2. The van der Waals surface area contributed by atoms with Gasteiger partial charge in [0.15, 0.2) is 0 Å². The number of amides is 2. The average Bonchev–Trinajstić information content (AvgIpc) is 2.90. The Labute approximate surface area is 164 Å². The Kier molecular flexibility index (Phi) is 6.18. The van der Waals surface area contributed by atoms with Gasteiger partial charge in [-0.15, -0.1) is 0 Å². The van der Waals surface area contributed by atoms with Crippen LogP contribution < -0.4 is 4.74 Å². The second kappa shape index (κ2) is 8.77. The molecule has 0 unspecified atom stereocenters. The van der Waals surface area contributed by atoms with E-state index in [2.05, 4.69) is 5.16 Å². The van der Waals surface area contributed by atoms with Crippen LogP contribution in [0.25, 0.3) is 0 Å². The van der Waals surface area contributed by atoms with Crippen molar-refractivity contribution in [2.45, 2.75) is 26.9 Å². The maximum Gasteiger partial charge on any atom is 0.409 e. The van der Waals surface area contributed by atoms with Gasteiger partial charge >= 0.3 is 6.09 Å². The SMILES string of the molecule is COC(=O)N1CCCN(C(=O)c2ccccc2OCc2c(C)noc2C)CC1. The van der Waals surface area contributed by atoms with Gasteiger partial charge in [-0.05, 0) is 32.4 Å². The molecule has 3 rings (SSSR count). The Balaban J connectivity index is 1.71. The Morgan fingerprint density at radius 2 is 1.82 bits per heavy atom. The normalized spacial score (nSPS) is 14.5. The number of methoxy groups -OCH3 is 1. The molecule has 0 bridgehead atoms. The zero-order valence-electron chi connectivity index (χ0n) is 16.4. The van der Waals surface area contributed by atoms with Crippen molar-refractivity contribution in [3.05, 3.63) is 46.8 Å². The molecular formula is C20H25N3O5. The molecular weight excluding hydrogens is 362 g/mol. The first kappa shape index (κ1) is 19.7. The van der Waals surface area contributed by atoms with E-state index >= 15 is 0 Å². The molecule has 1 fully saturated rings. The van der Waals surface area contributed by atoms with Crippen LogP contribution in [-0.2, 0) is 11.3 Å². The smallest absolute Gasteiger partial charge is 0.409 e. The van der Waals surface area contributed by atoms with Crippen LogP contribution in [0.2, 0.25) is 0 Å². The monoisotopic (exact) mass is 387 g/mol. The molecule has 1 saturated heterocycles. The predicted octanol–water partition coefficient (Wildman–Crippen LogP) is 2.78. The van der Waals surface area contributed by atoms with Crippen LogP contribution in [0, 0.1) is 13.8 Å². The van der Waals surface area contributed by atoms with Gasteiger partial charge in [-0.1, -0.05) is 17.3 Å². The van der Waals surface area contributed by atoms with Crippen LogP contribution >= 0.6 is 0 Å². The lowest BCUT2D eigenvalue weighted by Crippen LogP contribution is -2.37. The Hall–Kier alpha value is -3.03. The number of aromatic nitrogens is 1. The highest BCUT2D eigenvalue weighted by atomic mass is 16.5. The van der Waals surface area contributed by atoms with Crippen LogP contribution in [0.3, 0.4) is 0 Å². The highest BCUT2D eigenvalue weighted by molar-refractivity contribution is 5.97. The number of nitrogens with zero attached hydrogens (tertiary/aromatic N) is 3. The molecule has 1 aromatic carbocycles. The summed E-state index contributed by atoms with van der Waals surface area (Å²) in [5.74, 6) is 1.11. The number of rotatable bonds is 4. The molecule has 1 aliphatic heterocycles. The Bertz CT molecular complexity index is 829. The number of hydrogen-bond acceptors (Lipinski definition) is 6. The van der Waals surface area contributed by atoms with Gasteiger partial charge in [0.1, 0.15) is 18.1 Å². The van der Waals surface area contributed by atoms with E-state index in [1.807, 2.05) is 26.0 Å². The minimum atomic E-state index is -0.363. The summed E-state index contributed by atoms with van der Waals surface area (Å²) < 4.78 is 15.9. The summed E-state index contributed by atoms with van der Waals surface area (Å²) in [5, 5.41) is 3.93. The van der Waals surface area contributed by atoms with Gasteiger partial charge in [0.2, 0.25) is 0 Å². The van der Waals surface area contributed by atoms with Crippen molar-refractivity contribution in [3.8, 4) is 5.75 Å². The third kappa shape index (κ3) is 4.27. The predicted molar refractivity (Wildman–Crippen MR) is 101 cm³/mol. The number of carbonyl (C=O) groups is 2. The van der Waals surface area contributed by atoms with Crippen molar-refractivity contribution >= 4 is 12.0 Å². The summed E-state index contributed by atoms with van der Waals surface area (Å²) >= 11 is 0. The van der Waals surface area contributed by atoms with Crippen LogP contribution in [0.4, 0.5) is 4.79 Å². The first-order valence-electron chi connectivity index (χ1n) is 9.27. The quantitative estimate of drug-likeness (QED) is 0.802. The average molecular weight is 387 g/mol. The Morgan fingerprint density at radius 1 is 1.11 bits per heavy atom. The molecule has 8 nitrogen and oxygen atoms in total. The summed E-state index contributed by atoms with van der Waals surface area (Å²) in [6.07, 6.45) is 0.334. The maximum absolute atomic E-state index is 13.1. The van der Waals surface area contributed by atoms with E-state index in [1.165, 1.54) is 7.11 Å². The van der Waals surface area contributed by atoms with Crippen LogP contribution in [0.1, 0.15) is 33.8 Å². The van der Waals surface area contributed by atoms with E-state index in [9.17, 15) is 9.59 Å². The topological polar surface area (TPSA) is 85.1 Å². The molecule has 150 valence electrons. The fourth-order valence-corrected chi connectivity index (χ4v) is 3.23. The molecule has 1 aromatic heterocycles. The van der Waals surface area contributed by atoms with Crippen molar-refractivity contribution in [1.82, 2.24) is 15.0 Å². The second-order valence-electron chi connectivity index (χ2n) is 6.69. The molecule has 0 atom stereocenters. The summed E-state index contributed by atoms with van der Waals surface area (Å²) in [6.45, 7) is 6.01. The molecule has 2 aromatic rings. The summed E-state index contributed by atoms with van der Waals surface area (Å²) in [7, 11) is 1.36. The lowest BCUT2D eigenvalue weighted by Gasteiger charge is -2.22. The number of para-hydroxylation sites is 1. The molecule has 2 heterocycles.